The fraction of sp³-hybridized carbons (Fsp3) is 0.143. The summed E-state index contributed by atoms with van der Waals surface area (Å²) in [6.07, 6.45) is 0. The van der Waals surface area contributed by atoms with Gasteiger partial charge < -0.3 is 15.3 Å². The number of rotatable bonds is 3. The molecular formula is C14H16N2O3. The molecule has 5 N–H and O–H groups in total. The van der Waals surface area contributed by atoms with Crippen LogP contribution in [-0.2, 0) is 6.61 Å². The summed E-state index contributed by atoms with van der Waals surface area (Å²) in [5.41, 5.74) is 2.45. The third-order valence-electron chi connectivity index (χ3n) is 2.97. The first-order valence-electron chi connectivity index (χ1n) is 5.80. The van der Waals surface area contributed by atoms with Crippen LogP contribution in [0.3, 0.4) is 0 Å². The maximum atomic E-state index is 9.52. The van der Waals surface area contributed by atoms with Gasteiger partial charge in [0, 0.05) is 5.56 Å². The standard InChI is InChI=1S/C14H16N2O3/c1-9-6-11(2-4-13(9)18)16(15)12-3-5-14(19)10(7-12)8-17/h2-7,17-19H,8,15H2,1H3. The minimum Gasteiger partial charge on any atom is -0.508 e. The van der Waals surface area contributed by atoms with Gasteiger partial charge in [0.25, 0.3) is 0 Å². The highest BCUT2D eigenvalue weighted by molar-refractivity contribution is 5.65. The summed E-state index contributed by atoms with van der Waals surface area (Å²) < 4.78 is 0. The molecule has 0 aliphatic carbocycles. The second-order valence-electron chi connectivity index (χ2n) is 4.31. The zero-order chi connectivity index (χ0) is 14.0. The number of benzene rings is 2. The number of hydrogen-bond donors (Lipinski definition) is 4. The predicted octanol–water partition coefficient (Wildman–Crippen LogP) is 1.91. The van der Waals surface area contributed by atoms with Gasteiger partial charge >= 0.3 is 0 Å². The molecule has 0 bridgehead atoms. The Kier molecular flexibility index (Phi) is 3.59. The first-order valence-corrected chi connectivity index (χ1v) is 5.80. The van der Waals surface area contributed by atoms with E-state index < -0.39 is 0 Å². The van der Waals surface area contributed by atoms with Crippen LogP contribution < -0.4 is 10.9 Å². The van der Waals surface area contributed by atoms with Gasteiger partial charge in [0.2, 0.25) is 0 Å². The number of nitrogens with two attached hydrogens (primary N) is 1. The molecule has 100 valence electrons. The molecule has 2 aromatic rings. The van der Waals surface area contributed by atoms with Crippen LogP contribution in [0.15, 0.2) is 36.4 Å². The summed E-state index contributed by atoms with van der Waals surface area (Å²) in [5, 5.41) is 29.5. The SMILES string of the molecule is Cc1cc(N(N)c2ccc(O)c(CO)c2)ccc1O. The molecule has 0 saturated carbocycles. The number of phenolic OH excluding ortho intramolecular Hbond substituents is 1. The van der Waals surface area contributed by atoms with E-state index in [-0.39, 0.29) is 18.1 Å². The normalized spacial score (nSPS) is 10.5. The van der Waals surface area contributed by atoms with Gasteiger partial charge in [0.15, 0.2) is 0 Å². The number of aliphatic hydroxyl groups excluding tert-OH is 1. The molecule has 0 saturated heterocycles. The molecule has 2 rings (SSSR count). The van der Waals surface area contributed by atoms with E-state index >= 15 is 0 Å². The van der Waals surface area contributed by atoms with Crippen molar-refractivity contribution >= 4 is 11.4 Å². The minimum atomic E-state index is -0.262. The lowest BCUT2D eigenvalue weighted by molar-refractivity contribution is 0.275. The van der Waals surface area contributed by atoms with Crippen LogP contribution in [-0.4, -0.2) is 15.3 Å². The molecule has 0 unspecified atom stereocenters. The van der Waals surface area contributed by atoms with Crippen LogP contribution in [0, 0.1) is 6.92 Å². The van der Waals surface area contributed by atoms with Gasteiger partial charge in [-0.1, -0.05) is 0 Å². The monoisotopic (exact) mass is 260 g/mol. The van der Waals surface area contributed by atoms with E-state index in [0.717, 1.165) is 0 Å². The highest BCUT2D eigenvalue weighted by atomic mass is 16.3. The number of hydrogen-bond acceptors (Lipinski definition) is 5. The smallest absolute Gasteiger partial charge is 0.121 e. The first-order chi connectivity index (χ1) is 9.02. The van der Waals surface area contributed by atoms with Gasteiger partial charge in [-0.05, 0) is 48.9 Å². The number of nitrogens with zero attached hydrogens (tertiary/aromatic N) is 1. The van der Waals surface area contributed by atoms with Gasteiger partial charge in [-0.15, -0.1) is 0 Å². The maximum Gasteiger partial charge on any atom is 0.121 e. The Morgan fingerprint density at radius 2 is 1.58 bits per heavy atom. The van der Waals surface area contributed by atoms with E-state index in [0.29, 0.717) is 22.5 Å². The van der Waals surface area contributed by atoms with E-state index in [9.17, 15) is 10.2 Å². The van der Waals surface area contributed by atoms with E-state index in [1.807, 2.05) is 0 Å². The van der Waals surface area contributed by atoms with Crippen LogP contribution in [0.4, 0.5) is 11.4 Å². The van der Waals surface area contributed by atoms with Crippen LogP contribution >= 0.6 is 0 Å². The molecule has 0 amide bonds. The summed E-state index contributed by atoms with van der Waals surface area (Å²) >= 11 is 0. The van der Waals surface area contributed by atoms with Crippen molar-refractivity contribution < 1.29 is 15.3 Å². The molecule has 2 aromatic carbocycles. The number of anilines is 2. The number of aliphatic hydroxyl groups is 1. The molecule has 0 atom stereocenters. The molecule has 0 aliphatic heterocycles. The van der Waals surface area contributed by atoms with E-state index in [2.05, 4.69) is 0 Å². The van der Waals surface area contributed by atoms with Crippen LogP contribution in [0.25, 0.3) is 0 Å². The molecule has 5 heteroatoms. The fourth-order valence-electron chi connectivity index (χ4n) is 1.79. The molecule has 0 radical (unpaired) electrons. The zero-order valence-corrected chi connectivity index (χ0v) is 10.5. The Labute approximate surface area is 111 Å². The van der Waals surface area contributed by atoms with Crippen molar-refractivity contribution in [2.75, 3.05) is 5.01 Å². The summed E-state index contributed by atoms with van der Waals surface area (Å²) in [5.74, 6) is 6.23. The predicted molar refractivity (Wildman–Crippen MR) is 73.2 cm³/mol. The van der Waals surface area contributed by atoms with Crippen molar-refractivity contribution in [3.63, 3.8) is 0 Å². The van der Waals surface area contributed by atoms with Gasteiger partial charge in [-0.25, -0.2) is 5.84 Å². The van der Waals surface area contributed by atoms with Crippen molar-refractivity contribution in [1.29, 1.82) is 0 Å². The average molecular weight is 260 g/mol. The maximum absolute atomic E-state index is 9.52. The Morgan fingerprint density at radius 3 is 2.16 bits per heavy atom. The average Bonchev–Trinajstić information content (AvgIpc) is 2.41. The van der Waals surface area contributed by atoms with Gasteiger partial charge in [-0.2, -0.15) is 0 Å². The van der Waals surface area contributed by atoms with Crippen molar-refractivity contribution in [2.45, 2.75) is 13.5 Å². The zero-order valence-electron chi connectivity index (χ0n) is 10.5. The quantitative estimate of drug-likeness (QED) is 0.500. The molecule has 0 aromatic heterocycles. The topological polar surface area (TPSA) is 90.0 Å². The molecule has 0 spiro atoms. The lowest BCUT2D eigenvalue weighted by Gasteiger charge is -2.20. The Hall–Kier alpha value is -2.24. The van der Waals surface area contributed by atoms with Crippen LogP contribution in [0.1, 0.15) is 11.1 Å². The molecule has 0 aliphatic rings. The lowest BCUT2D eigenvalue weighted by Crippen LogP contribution is -2.25. The number of phenols is 2. The van der Waals surface area contributed by atoms with Crippen molar-refractivity contribution in [3.05, 3.63) is 47.5 Å². The van der Waals surface area contributed by atoms with Crippen molar-refractivity contribution in [3.8, 4) is 11.5 Å². The van der Waals surface area contributed by atoms with Gasteiger partial charge in [0.05, 0.1) is 18.0 Å². The first kappa shape index (κ1) is 13.2. The van der Waals surface area contributed by atoms with E-state index in [4.69, 9.17) is 10.9 Å². The third kappa shape index (κ3) is 2.62. The largest absolute Gasteiger partial charge is 0.508 e. The molecule has 0 heterocycles. The Morgan fingerprint density at radius 1 is 1.00 bits per heavy atom. The third-order valence-corrected chi connectivity index (χ3v) is 2.97. The van der Waals surface area contributed by atoms with Gasteiger partial charge in [0.1, 0.15) is 11.5 Å². The minimum absolute atomic E-state index is 0.0292. The second-order valence-corrected chi connectivity index (χ2v) is 4.31. The Bertz CT molecular complexity index is 599. The van der Waals surface area contributed by atoms with Crippen molar-refractivity contribution in [2.24, 2.45) is 5.84 Å². The fourth-order valence-corrected chi connectivity index (χ4v) is 1.79. The summed E-state index contributed by atoms with van der Waals surface area (Å²) in [6.45, 7) is 1.52. The summed E-state index contributed by atoms with van der Waals surface area (Å²) in [6, 6.07) is 9.74. The molecule has 0 fully saturated rings. The second kappa shape index (κ2) is 5.17. The number of aromatic hydroxyl groups is 2. The van der Waals surface area contributed by atoms with E-state index in [1.165, 1.54) is 11.1 Å². The molecule has 19 heavy (non-hydrogen) atoms. The highest BCUT2D eigenvalue weighted by Crippen LogP contribution is 2.29. The summed E-state index contributed by atoms with van der Waals surface area (Å²) in [4.78, 5) is 0. The van der Waals surface area contributed by atoms with Crippen molar-refractivity contribution in [1.82, 2.24) is 0 Å². The lowest BCUT2D eigenvalue weighted by atomic mass is 10.1. The Balaban J connectivity index is 2.37. The number of aryl methyl sites for hydroxylation is 1. The van der Waals surface area contributed by atoms with Gasteiger partial charge in [-0.3, -0.25) is 5.01 Å². The number of hydrazine groups is 1. The molecular weight excluding hydrogens is 244 g/mol. The summed E-state index contributed by atoms with van der Waals surface area (Å²) in [7, 11) is 0. The highest BCUT2D eigenvalue weighted by Gasteiger charge is 2.09. The van der Waals surface area contributed by atoms with E-state index in [1.54, 1.807) is 37.3 Å². The van der Waals surface area contributed by atoms with Crippen LogP contribution in [0.5, 0.6) is 11.5 Å². The molecule has 5 nitrogen and oxygen atoms in total. The van der Waals surface area contributed by atoms with Crippen LogP contribution in [0.2, 0.25) is 0 Å².